The number of nitrogens with one attached hydrogen (secondary N) is 1. The normalized spacial score (nSPS) is 12.2. The van der Waals surface area contributed by atoms with E-state index in [0.29, 0.717) is 17.9 Å². The molecule has 1 unspecified atom stereocenters. The van der Waals surface area contributed by atoms with Crippen molar-refractivity contribution < 1.29 is 9.13 Å². The summed E-state index contributed by atoms with van der Waals surface area (Å²) in [5.74, 6) is 0.295. The van der Waals surface area contributed by atoms with Crippen LogP contribution in [0.3, 0.4) is 0 Å². The third-order valence-corrected chi connectivity index (χ3v) is 3.13. The molecule has 0 aliphatic heterocycles. The van der Waals surface area contributed by atoms with E-state index in [9.17, 15) is 4.39 Å². The molecular formula is C16H18FNO. The van der Waals surface area contributed by atoms with Gasteiger partial charge in [-0.05, 0) is 18.6 Å². The van der Waals surface area contributed by atoms with Gasteiger partial charge in [0.15, 0.2) is 0 Å². The molecule has 1 N–H and O–H groups in total. The van der Waals surface area contributed by atoms with Crippen LogP contribution >= 0.6 is 0 Å². The highest BCUT2D eigenvalue weighted by Crippen LogP contribution is 2.21. The Hall–Kier alpha value is -1.87. The SMILES string of the molecule is COc1ccc(C(C)NCc2ccccc2)c(F)c1. The Kier molecular flexibility index (Phi) is 4.53. The van der Waals surface area contributed by atoms with E-state index in [-0.39, 0.29) is 11.9 Å². The van der Waals surface area contributed by atoms with Gasteiger partial charge in [0, 0.05) is 24.2 Å². The zero-order valence-corrected chi connectivity index (χ0v) is 11.2. The molecule has 3 heteroatoms. The molecule has 2 nitrogen and oxygen atoms in total. The molecule has 0 saturated heterocycles. The van der Waals surface area contributed by atoms with E-state index in [2.05, 4.69) is 5.32 Å². The molecule has 100 valence electrons. The monoisotopic (exact) mass is 259 g/mol. The summed E-state index contributed by atoms with van der Waals surface area (Å²) in [4.78, 5) is 0. The van der Waals surface area contributed by atoms with Gasteiger partial charge in [-0.15, -0.1) is 0 Å². The van der Waals surface area contributed by atoms with Gasteiger partial charge in [0.25, 0.3) is 0 Å². The van der Waals surface area contributed by atoms with Crippen LogP contribution in [0.4, 0.5) is 4.39 Å². The van der Waals surface area contributed by atoms with Crippen molar-refractivity contribution in [2.45, 2.75) is 19.5 Å². The summed E-state index contributed by atoms with van der Waals surface area (Å²) in [6.45, 7) is 2.67. The van der Waals surface area contributed by atoms with Crippen molar-refractivity contribution in [2.75, 3.05) is 7.11 Å². The Balaban J connectivity index is 2.02. The number of methoxy groups -OCH3 is 1. The molecule has 0 heterocycles. The molecule has 0 spiro atoms. The van der Waals surface area contributed by atoms with E-state index in [1.54, 1.807) is 12.1 Å². The molecule has 2 aromatic carbocycles. The van der Waals surface area contributed by atoms with Crippen molar-refractivity contribution in [3.8, 4) is 5.75 Å². The van der Waals surface area contributed by atoms with Crippen LogP contribution in [-0.4, -0.2) is 7.11 Å². The summed E-state index contributed by atoms with van der Waals surface area (Å²) in [5.41, 5.74) is 1.83. The van der Waals surface area contributed by atoms with Gasteiger partial charge in [0.1, 0.15) is 11.6 Å². The highest BCUT2D eigenvalue weighted by Gasteiger charge is 2.11. The number of hydrogen-bond acceptors (Lipinski definition) is 2. The summed E-state index contributed by atoms with van der Waals surface area (Å²) in [6, 6.07) is 15.0. The second-order valence-electron chi connectivity index (χ2n) is 4.48. The molecule has 0 aliphatic carbocycles. The van der Waals surface area contributed by atoms with Crippen molar-refractivity contribution in [3.05, 3.63) is 65.5 Å². The number of rotatable bonds is 5. The highest BCUT2D eigenvalue weighted by atomic mass is 19.1. The van der Waals surface area contributed by atoms with Gasteiger partial charge in [-0.25, -0.2) is 4.39 Å². The molecule has 0 saturated carbocycles. The first-order chi connectivity index (χ1) is 9.20. The third kappa shape index (κ3) is 3.55. The van der Waals surface area contributed by atoms with Crippen LogP contribution in [0.25, 0.3) is 0 Å². The van der Waals surface area contributed by atoms with Gasteiger partial charge in [0.05, 0.1) is 7.11 Å². The summed E-state index contributed by atoms with van der Waals surface area (Å²) >= 11 is 0. The molecule has 19 heavy (non-hydrogen) atoms. The van der Waals surface area contributed by atoms with Crippen LogP contribution in [-0.2, 0) is 6.54 Å². The predicted octanol–water partition coefficient (Wildman–Crippen LogP) is 3.69. The molecule has 0 aliphatic rings. The van der Waals surface area contributed by atoms with Gasteiger partial charge in [-0.3, -0.25) is 0 Å². The third-order valence-electron chi connectivity index (χ3n) is 3.13. The van der Waals surface area contributed by atoms with E-state index in [0.717, 1.165) is 0 Å². The molecule has 2 aromatic rings. The molecule has 0 radical (unpaired) electrons. The molecule has 0 amide bonds. The summed E-state index contributed by atoms with van der Waals surface area (Å²) in [7, 11) is 1.53. The number of halogens is 1. The first-order valence-corrected chi connectivity index (χ1v) is 6.31. The molecule has 2 rings (SSSR count). The Labute approximate surface area is 113 Å². The summed E-state index contributed by atoms with van der Waals surface area (Å²) < 4.78 is 18.9. The Morgan fingerprint density at radius 1 is 1.16 bits per heavy atom. The number of benzene rings is 2. The zero-order valence-electron chi connectivity index (χ0n) is 11.2. The van der Waals surface area contributed by atoms with Gasteiger partial charge in [-0.2, -0.15) is 0 Å². The Bertz CT molecular complexity index is 528. The number of hydrogen-bond donors (Lipinski definition) is 1. The summed E-state index contributed by atoms with van der Waals surface area (Å²) in [5, 5.41) is 3.31. The predicted molar refractivity (Wildman–Crippen MR) is 74.6 cm³/mol. The van der Waals surface area contributed by atoms with Gasteiger partial charge < -0.3 is 10.1 Å². The first kappa shape index (κ1) is 13.6. The van der Waals surface area contributed by atoms with Gasteiger partial charge in [-0.1, -0.05) is 36.4 Å². The lowest BCUT2D eigenvalue weighted by molar-refractivity contribution is 0.409. The lowest BCUT2D eigenvalue weighted by Gasteiger charge is -2.15. The van der Waals surface area contributed by atoms with Crippen LogP contribution in [0, 0.1) is 5.82 Å². The molecule has 0 bridgehead atoms. The second-order valence-corrected chi connectivity index (χ2v) is 4.48. The van der Waals surface area contributed by atoms with Crippen molar-refractivity contribution in [1.29, 1.82) is 0 Å². The molecule has 1 atom stereocenters. The van der Waals surface area contributed by atoms with E-state index in [1.165, 1.54) is 18.7 Å². The molecule has 0 fully saturated rings. The average molecular weight is 259 g/mol. The average Bonchev–Trinajstić information content (AvgIpc) is 2.45. The van der Waals surface area contributed by atoms with Crippen LogP contribution in [0.15, 0.2) is 48.5 Å². The maximum absolute atomic E-state index is 13.9. The van der Waals surface area contributed by atoms with Crippen LogP contribution < -0.4 is 10.1 Å². The van der Waals surface area contributed by atoms with Crippen molar-refractivity contribution in [3.63, 3.8) is 0 Å². The quantitative estimate of drug-likeness (QED) is 0.884. The fourth-order valence-electron chi connectivity index (χ4n) is 1.96. The smallest absolute Gasteiger partial charge is 0.131 e. The van der Waals surface area contributed by atoms with Crippen molar-refractivity contribution in [1.82, 2.24) is 5.32 Å². The van der Waals surface area contributed by atoms with Crippen molar-refractivity contribution in [2.24, 2.45) is 0 Å². The number of ether oxygens (including phenoxy) is 1. The van der Waals surface area contributed by atoms with Crippen LogP contribution in [0.2, 0.25) is 0 Å². The first-order valence-electron chi connectivity index (χ1n) is 6.31. The lowest BCUT2D eigenvalue weighted by atomic mass is 10.1. The fraction of sp³-hybridized carbons (Fsp3) is 0.250. The minimum absolute atomic E-state index is 0.0499. The van der Waals surface area contributed by atoms with E-state index < -0.39 is 0 Å². The highest BCUT2D eigenvalue weighted by molar-refractivity contribution is 5.30. The topological polar surface area (TPSA) is 21.3 Å². The summed E-state index contributed by atoms with van der Waals surface area (Å²) in [6.07, 6.45) is 0. The maximum Gasteiger partial charge on any atom is 0.131 e. The largest absolute Gasteiger partial charge is 0.497 e. The van der Waals surface area contributed by atoms with E-state index in [4.69, 9.17) is 4.74 Å². The fourth-order valence-corrected chi connectivity index (χ4v) is 1.96. The van der Waals surface area contributed by atoms with Crippen molar-refractivity contribution >= 4 is 0 Å². The minimum atomic E-state index is -0.243. The second kappa shape index (κ2) is 6.34. The van der Waals surface area contributed by atoms with Gasteiger partial charge in [0.2, 0.25) is 0 Å². The maximum atomic E-state index is 13.9. The van der Waals surface area contributed by atoms with E-state index >= 15 is 0 Å². The van der Waals surface area contributed by atoms with Gasteiger partial charge >= 0.3 is 0 Å². The Morgan fingerprint density at radius 3 is 2.53 bits per heavy atom. The lowest BCUT2D eigenvalue weighted by Crippen LogP contribution is -2.19. The Morgan fingerprint density at radius 2 is 1.89 bits per heavy atom. The zero-order chi connectivity index (χ0) is 13.7. The van der Waals surface area contributed by atoms with E-state index in [1.807, 2.05) is 37.3 Å². The minimum Gasteiger partial charge on any atom is -0.497 e. The molecule has 0 aromatic heterocycles. The van der Waals surface area contributed by atoms with Crippen LogP contribution in [0.1, 0.15) is 24.1 Å². The van der Waals surface area contributed by atoms with Crippen LogP contribution in [0.5, 0.6) is 5.75 Å². The molecular weight excluding hydrogens is 241 g/mol. The standard InChI is InChI=1S/C16H18FNO/c1-12(18-11-13-6-4-3-5-7-13)15-9-8-14(19-2)10-16(15)17/h3-10,12,18H,11H2,1-2H3.